The Morgan fingerprint density at radius 2 is 2.12 bits per heavy atom. The highest BCUT2D eigenvalue weighted by molar-refractivity contribution is 5.83. The first-order chi connectivity index (χ1) is 8.18. The lowest BCUT2D eigenvalue weighted by molar-refractivity contribution is -0.149. The minimum atomic E-state index is -0.783. The summed E-state index contributed by atoms with van der Waals surface area (Å²) in [6.07, 6.45) is 1.77. The van der Waals surface area contributed by atoms with Gasteiger partial charge in [-0.15, -0.1) is 0 Å². The van der Waals surface area contributed by atoms with Crippen LogP contribution in [-0.4, -0.2) is 18.2 Å². The van der Waals surface area contributed by atoms with E-state index in [1.54, 1.807) is 6.92 Å². The van der Waals surface area contributed by atoms with E-state index in [0.717, 1.165) is 18.4 Å². The van der Waals surface area contributed by atoms with E-state index in [2.05, 4.69) is 6.92 Å². The first-order valence-electron chi connectivity index (χ1n) is 6.08. The Kier molecular flexibility index (Phi) is 3.48. The molecule has 3 heteroatoms. The van der Waals surface area contributed by atoms with Crippen LogP contribution in [0.1, 0.15) is 38.4 Å². The minimum Gasteiger partial charge on any atom is -0.463 e. The van der Waals surface area contributed by atoms with Crippen molar-refractivity contribution in [2.45, 2.75) is 38.4 Å². The summed E-state index contributed by atoms with van der Waals surface area (Å²) in [4.78, 5) is 11.8. The zero-order valence-electron chi connectivity index (χ0n) is 10.3. The molecule has 1 aliphatic rings. The van der Waals surface area contributed by atoms with Gasteiger partial charge in [0, 0.05) is 0 Å². The highest BCUT2D eigenvalue weighted by atomic mass is 16.7. The Balaban J connectivity index is 1.93. The average molecular weight is 234 g/mol. The van der Waals surface area contributed by atoms with Crippen LogP contribution in [0.15, 0.2) is 30.3 Å². The molecule has 1 aliphatic heterocycles. The molecule has 1 heterocycles. The van der Waals surface area contributed by atoms with Crippen LogP contribution in [0.4, 0.5) is 0 Å². The van der Waals surface area contributed by atoms with E-state index < -0.39 is 5.60 Å². The van der Waals surface area contributed by atoms with Gasteiger partial charge < -0.3 is 9.47 Å². The molecule has 92 valence electrons. The van der Waals surface area contributed by atoms with Crippen molar-refractivity contribution in [1.82, 2.24) is 0 Å². The van der Waals surface area contributed by atoms with E-state index in [1.807, 2.05) is 30.3 Å². The number of esters is 1. The van der Waals surface area contributed by atoms with Crippen molar-refractivity contribution in [1.29, 1.82) is 0 Å². The summed E-state index contributed by atoms with van der Waals surface area (Å²) in [6, 6.07) is 9.77. The van der Waals surface area contributed by atoms with E-state index >= 15 is 0 Å². The third-order valence-corrected chi connectivity index (χ3v) is 3.04. The molecule has 0 aliphatic carbocycles. The molecule has 0 spiro atoms. The van der Waals surface area contributed by atoms with Crippen LogP contribution < -0.4 is 0 Å². The molecule has 0 bridgehead atoms. The van der Waals surface area contributed by atoms with Crippen molar-refractivity contribution in [2.24, 2.45) is 0 Å². The first kappa shape index (κ1) is 12.1. The van der Waals surface area contributed by atoms with Crippen LogP contribution in [0.5, 0.6) is 0 Å². The molecule has 0 amide bonds. The molecule has 2 atom stereocenters. The molecule has 0 saturated carbocycles. The number of benzene rings is 1. The highest BCUT2D eigenvalue weighted by Gasteiger charge is 2.60. The maximum absolute atomic E-state index is 11.8. The fourth-order valence-corrected chi connectivity index (χ4v) is 1.83. The molecule has 0 unspecified atom stereocenters. The lowest BCUT2D eigenvalue weighted by Crippen LogP contribution is -2.24. The lowest BCUT2D eigenvalue weighted by Gasteiger charge is -2.07. The van der Waals surface area contributed by atoms with Crippen LogP contribution in [0, 0.1) is 0 Å². The number of unbranched alkanes of at least 4 members (excludes halogenated alkanes) is 1. The summed E-state index contributed by atoms with van der Waals surface area (Å²) in [5.41, 5.74) is 0.247. The number of rotatable bonds is 5. The van der Waals surface area contributed by atoms with Crippen molar-refractivity contribution in [3.05, 3.63) is 35.9 Å². The van der Waals surface area contributed by atoms with Crippen molar-refractivity contribution < 1.29 is 14.3 Å². The number of hydrogen-bond acceptors (Lipinski definition) is 3. The SMILES string of the molecule is CCCCOC(=O)[C@@]1(C)O[C@@H]1c1ccccc1. The highest BCUT2D eigenvalue weighted by Crippen LogP contribution is 2.49. The molecule has 1 saturated heterocycles. The number of carbonyl (C=O) groups is 1. The van der Waals surface area contributed by atoms with Crippen molar-refractivity contribution >= 4 is 5.97 Å². The molecule has 1 aromatic rings. The third kappa shape index (κ3) is 2.50. The number of carbonyl (C=O) groups excluding carboxylic acids is 1. The monoisotopic (exact) mass is 234 g/mol. The number of ether oxygens (including phenoxy) is 2. The van der Waals surface area contributed by atoms with Crippen molar-refractivity contribution in [2.75, 3.05) is 6.61 Å². The van der Waals surface area contributed by atoms with Gasteiger partial charge >= 0.3 is 5.97 Å². The van der Waals surface area contributed by atoms with Gasteiger partial charge in [-0.2, -0.15) is 0 Å². The predicted molar refractivity (Wildman–Crippen MR) is 64.5 cm³/mol. The average Bonchev–Trinajstić information content (AvgIpc) is 3.05. The molecule has 0 radical (unpaired) electrons. The van der Waals surface area contributed by atoms with Crippen molar-refractivity contribution in [3.63, 3.8) is 0 Å². The van der Waals surface area contributed by atoms with Gasteiger partial charge in [-0.1, -0.05) is 43.7 Å². The molecule has 0 N–H and O–H groups in total. The summed E-state index contributed by atoms with van der Waals surface area (Å²) in [7, 11) is 0. The van der Waals surface area contributed by atoms with E-state index in [9.17, 15) is 4.79 Å². The van der Waals surface area contributed by atoms with E-state index in [1.165, 1.54) is 0 Å². The predicted octanol–water partition coefficient (Wildman–Crippen LogP) is 2.86. The molecule has 1 aromatic carbocycles. The Labute approximate surface area is 102 Å². The molecule has 1 fully saturated rings. The largest absolute Gasteiger partial charge is 0.463 e. The van der Waals surface area contributed by atoms with Gasteiger partial charge in [0.05, 0.1) is 6.61 Å². The second-order valence-corrected chi connectivity index (χ2v) is 4.51. The Bertz CT molecular complexity index is 388. The number of hydrogen-bond donors (Lipinski definition) is 0. The second kappa shape index (κ2) is 4.88. The van der Waals surface area contributed by atoms with Crippen molar-refractivity contribution in [3.8, 4) is 0 Å². The fraction of sp³-hybridized carbons (Fsp3) is 0.500. The van der Waals surface area contributed by atoms with E-state index in [-0.39, 0.29) is 12.1 Å². The smallest absolute Gasteiger partial charge is 0.341 e. The maximum atomic E-state index is 11.8. The zero-order valence-corrected chi connectivity index (χ0v) is 10.3. The van der Waals surface area contributed by atoms with Gasteiger partial charge in [0.15, 0.2) is 5.60 Å². The Morgan fingerprint density at radius 1 is 1.41 bits per heavy atom. The molecule has 0 aromatic heterocycles. The van der Waals surface area contributed by atoms with Crippen LogP contribution >= 0.6 is 0 Å². The van der Waals surface area contributed by atoms with Gasteiger partial charge in [0.25, 0.3) is 0 Å². The van der Waals surface area contributed by atoms with Gasteiger partial charge in [0.1, 0.15) is 6.10 Å². The van der Waals surface area contributed by atoms with E-state index in [0.29, 0.717) is 6.61 Å². The molecular weight excluding hydrogens is 216 g/mol. The Hall–Kier alpha value is -1.35. The van der Waals surface area contributed by atoms with Crippen LogP contribution in [0.2, 0.25) is 0 Å². The van der Waals surface area contributed by atoms with E-state index in [4.69, 9.17) is 9.47 Å². The lowest BCUT2D eigenvalue weighted by atomic mass is 10.0. The summed E-state index contributed by atoms with van der Waals surface area (Å²) in [6.45, 7) is 4.34. The summed E-state index contributed by atoms with van der Waals surface area (Å²) < 4.78 is 10.7. The quantitative estimate of drug-likeness (QED) is 0.446. The molecule has 3 nitrogen and oxygen atoms in total. The number of epoxide rings is 1. The molecular formula is C14H18O3. The van der Waals surface area contributed by atoms with Crippen LogP contribution in [0.3, 0.4) is 0 Å². The topological polar surface area (TPSA) is 38.8 Å². The van der Waals surface area contributed by atoms with Gasteiger partial charge in [-0.05, 0) is 18.9 Å². The summed E-state index contributed by atoms with van der Waals surface area (Å²) in [5, 5.41) is 0. The summed E-state index contributed by atoms with van der Waals surface area (Å²) in [5.74, 6) is -0.250. The van der Waals surface area contributed by atoms with Crippen LogP contribution in [0.25, 0.3) is 0 Å². The van der Waals surface area contributed by atoms with Crippen LogP contribution in [-0.2, 0) is 14.3 Å². The third-order valence-electron chi connectivity index (χ3n) is 3.04. The minimum absolute atomic E-state index is 0.155. The molecule has 17 heavy (non-hydrogen) atoms. The zero-order chi connectivity index (χ0) is 12.3. The van der Waals surface area contributed by atoms with Gasteiger partial charge in [-0.25, -0.2) is 4.79 Å². The Morgan fingerprint density at radius 3 is 2.76 bits per heavy atom. The molecule has 2 rings (SSSR count). The first-order valence-corrected chi connectivity index (χ1v) is 6.08. The summed E-state index contributed by atoms with van der Waals surface area (Å²) >= 11 is 0. The standard InChI is InChI=1S/C14H18O3/c1-3-4-10-16-13(15)14(2)12(17-14)11-8-6-5-7-9-11/h5-9,12H,3-4,10H2,1-2H3/t12-,14+/m1/s1. The van der Waals surface area contributed by atoms with Gasteiger partial charge in [-0.3, -0.25) is 0 Å². The van der Waals surface area contributed by atoms with Gasteiger partial charge in [0.2, 0.25) is 0 Å². The maximum Gasteiger partial charge on any atom is 0.341 e. The second-order valence-electron chi connectivity index (χ2n) is 4.51. The fourth-order valence-electron chi connectivity index (χ4n) is 1.83. The normalized spacial score (nSPS) is 26.6.